The Labute approximate surface area is 128 Å². The van der Waals surface area contributed by atoms with Gasteiger partial charge in [-0.15, -0.1) is 0 Å². The first-order valence-electron chi connectivity index (χ1n) is 6.42. The largest absolute Gasteiger partial charge is 0.457 e. The zero-order valence-corrected chi connectivity index (χ0v) is 13.4. The standard InChI is InChI=1S/C16H18INO/c1-3-18-11-13-5-4-12(2)16(10-13)19-15-8-6-14(17)7-9-15/h4-10,18H,3,11H2,1-2H3. The Morgan fingerprint density at radius 3 is 2.53 bits per heavy atom. The first-order valence-corrected chi connectivity index (χ1v) is 7.50. The van der Waals surface area contributed by atoms with E-state index >= 15 is 0 Å². The molecule has 0 bridgehead atoms. The molecule has 1 N–H and O–H groups in total. The lowest BCUT2D eigenvalue weighted by molar-refractivity contribution is 0.477. The van der Waals surface area contributed by atoms with Crippen LogP contribution in [0.3, 0.4) is 0 Å². The van der Waals surface area contributed by atoms with Crippen molar-refractivity contribution in [2.24, 2.45) is 0 Å². The second kappa shape index (κ2) is 6.91. The van der Waals surface area contributed by atoms with Crippen LogP contribution in [0.1, 0.15) is 18.1 Å². The van der Waals surface area contributed by atoms with Crippen molar-refractivity contribution in [1.29, 1.82) is 0 Å². The molecule has 0 radical (unpaired) electrons. The molecule has 2 aromatic carbocycles. The molecule has 2 nitrogen and oxygen atoms in total. The molecule has 0 fully saturated rings. The minimum Gasteiger partial charge on any atom is -0.457 e. The van der Waals surface area contributed by atoms with Gasteiger partial charge < -0.3 is 10.1 Å². The lowest BCUT2D eigenvalue weighted by Gasteiger charge is -2.11. The molecule has 0 aliphatic heterocycles. The summed E-state index contributed by atoms with van der Waals surface area (Å²) < 4.78 is 7.16. The van der Waals surface area contributed by atoms with E-state index in [9.17, 15) is 0 Å². The van der Waals surface area contributed by atoms with E-state index in [0.29, 0.717) is 0 Å². The van der Waals surface area contributed by atoms with E-state index in [1.807, 2.05) is 24.3 Å². The van der Waals surface area contributed by atoms with Gasteiger partial charge in [0.15, 0.2) is 0 Å². The van der Waals surface area contributed by atoms with Crippen molar-refractivity contribution in [3.63, 3.8) is 0 Å². The van der Waals surface area contributed by atoms with Gasteiger partial charge in [-0.3, -0.25) is 0 Å². The quantitative estimate of drug-likeness (QED) is 0.786. The lowest BCUT2D eigenvalue weighted by atomic mass is 10.1. The van der Waals surface area contributed by atoms with Gasteiger partial charge in [0, 0.05) is 10.1 Å². The number of nitrogens with one attached hydrogen (secondary N) is 1. The number of benzene rings is 2. The van der Waals surface area contributed by atoms with Crippen LogP contribution < -0.4 is 10.1 Å². The lowest BCUT2D eigenvalue weighted by Crippen LogP contribution is -2.11. The summed E-state index contributed by atoms with van der Waals surface area (Å²) in [4.78, 5) is 0. The molecule has 0 heterocycles. The van der Waals surface area contributed by atoms with E-state index in [1.165, 1.54) is 9.13 Å². The van der Waals surface area contributed by atoms with Crippen molar-refractivity contribution in [2.45, 2.75) is 20.4 Å². The van der Waals surface area contributed by atoms with E-state index in [4.69, 9.17) is 4.74 Å². The molecule has 0 saturated heterocycles. The van der Waals surface area contributed by atoms with Crippen LogP contribution >= 0.6 is 22.6 Å². The number of aryl methyl sites for hydroxylation is 1. The summed E-state index contributed by atoms with van der Waals surface area (Å²) in [7, 11) is 0. The van der Waals surface area contributed by atoms with Crippen LogP contribution in [0, 0.1) is 10.5 Å². The summed E-state index contributed by atoms with van der Waals surface area (Å²) in [6, 6.07) is 14.4. The van der Waals surface area contributed by atoms with E-state index in [0.717, 1.165) is 30.2 Å². The average molecular weight is 367 g/mol. The highest BCUT2D eigenvalue weighted by molar-refractivity contribution is 14.1. The first kappa shape index (κ1) is 14.3. The van der Waals surface area contributed by atoms with Crippen molar-refractivity contribution in [3.8, 4) is 11.5 Å². The van der Waals surface area contributed by atoms with Crippen LogP contribution in [0.15, 0.2) is 42.5 Å². The van der Waals surface area contributed by atoms with Gasteiger partial charge >= 0.3 is 0 Å². The summed E-state index contributed by atoms with van der Waals surface area (Å²) in [5.74, 6) is 1.81. The van der Waals surface area contributed by atoms with Crippen molar-refractivity contribution in [1.82, 2.24) is 5.32 Å². The number of ether oxygens (including phenoxy) is 1. The Balaban J connectivity index is 2.16. The molecule has 0 saturated carbocycles. The van der Waals surface area contributed by atoms with Gasteiger partial charge in [-0.25, -0.2) is 0 Å². The smallest absolute Gasteiger partial charge is 0.130 e. The van der Waals surface area contributed by atoms with Crippen LogP contribution in [-0.2, 0) is 6.54 Å². The number of rotatable bonds is 5. The van der Waals surface area contributed by atoms with Crippen molar-refractivity contribution >= 4 is 22.6 Å². The van der Waals surface area contributed by atoms with Gasteiger partial charge in [0.25, 0.3) is 0 Å². The topological polar surface area (TPSA) is 21.3 Å². The molecule has 0 unspecified atom stereocenters. The molecular formula is C16H18INO. The van der Waals surface area contributed by atoms with Gasteiger partial charge in [0.2, 0.25) is 0 Å². The summed E-state index contributed by atoms with van der Waals surface area (Å²) in [5, 5.41) is 3.33. The van der Waals surface area contributed by atoms with Crippen molar-refractivity contribution < 1.29 is 4.74 Å². The third-order valence-electron chi connectivity index (χ3n) is 2.87. The third-order valence-corrected chi connectivity index (χ3v) is 3.59. The highest BCUT2D eigenvalue weighted by atomic mass is 127. The normalized spacial score (nSPS) is 10.5. The molecule has 0 aliphatic carbocycles. The Kier molecular flexibility index (Phi) is 5.22. The number of hydrogen-bond acceptors (Lipinski definition) is 2. The molecule has 0 amide bonds. The minimum atomic E-state index is 0.875. The van der Waals surface area contributed by atoms with Gasteiger partial charge in [-0.05, 0) is 77.5 Å². The van der Waals surface area contributed by atoms with Crippen LogP contribution in [-0.4, -0.2) is 6.54 Å². The summed E-state index contributed by atoms with van der Waals surface area (Å²) in [6.45, 7) is 6.03. The average Bonchev–Trinajstić information content (AvgIpc) is 2.42. The molecule has 0 aliphatic rings. The minimum absolute atomic E-state index is 0.875. The van der Waals surface area contributed by atoms with E-state index in [1.54, 1.807) is 0 Å². The fraction of sp³-hybridized carbons (Fsp3) is 0.250. The highest BCUT2D eigenvalue weighted by Crippen LogP contribution is 2.26. The van der Waals surface area contributed by atoms with Gasteiger partial charge in [0.1, 0.15) is 11.5 Å². The van der Waals surface area contributed by atoms with E-state index in [2.05, 4.69) is 60.0 Å². The van der Waals surface area contributed by atoms with Crippen LogP contribution in [0.25, 0.3) is 0 Å². The predicted octanol–water partition coefficient (Wildman–Crippen LogP) is 4.50. The summed E-state index contributed by atoms with van der Waals surface area (Å²) in [5.41, 5.74) is 2.40. The maximum atomic E-state index is 5.95. The van der Waals surface area contributed by atoms with E-state index < -0.39 is 0 Å². The van der Waals surface area contributed by atoms with Gasteiger partial charge in [-0.2, -0.15) is 0 Å². The molecule has 0 aromatic heterocycles. The maximum absolute atomic E-state index is 5.95. The Hall–Kier alpha value is -1.07. The predicted molar refractivity (Wildman–Crippen MR) is 87.8 cm³/mol. The van der Waals surface area contributed by atoms with Gasteiger partial charge in [-0.1, -0.05) is 19.1 Å². The summed E-state index contributed by atoms with van der Waals surface area (Å²) >= 11 is 2.29. The molecule has 2 rings (SSSR count). The number of halogens is 1. The fourth-order valence-corrected chi connectivity index (χ4v) is 2.12. The van der Waals surface area contributed by atoms with Crippen molar-refractivity contribution in [3.05, 3.63) is 57.2 Å². The second-order valence-electron chi connectivity index (χ2n) is 4.44. The van der Waals surface area contributed by atoms with Crippen LogP contribution in [0.5, 0.6) is 11.5 Å². The third kappa shape index (κ3) is 4.21. The summed E-state index contributed by atoms with van der Waals surface area (Å²) in [6.07, 6.45) is 0. The molecule has 0 atom stereocenters. The molecular weight excluding hydrogens is 349 g/mol. The molecule has 0 spiro atoms. The fourth-order valence-electron chi connectivity index (χ4n) is 1.76. The SMILES string of the molecule is CCNCc1ccc(C)c(Oc2ccc(I)cc2)c1. The van der Waals surface area contributed by atoms with E-state index in [-0.39, 0.29) is 0 Å². The molecule has 100 valence electrons. The maximum Gasteiger partial charge on any atom is 0.130 e. The molecule has 19 heavy (non-hydrogen) atoms. The van der Waals surface area contributed by atoms with Gasteiger partial charge in [0.05, 0.1) is 0 Å². The van der Waals surface area contributed by atoms with Crippen LogP contribution in [0.4, 0.5) is 0 Å². The highest BCUT2D eigenvalue weighted by Gasteiger charge is 2.03. The molecule has 2 aromatic rings. The molecule has 3 heteroatoms. The zero-order valence-electron chi connectivity index (χ0n) is 11.2. The Morgan fingerprint density at radius 1 is 1.11 bits per heavy atom. The number of hydrogen-bond donors (Lipinski definition) is 1. The first-order chi connectivity index (χ1) is 9.19. The second-order valence-corrected chi connectivity index (χ2v) is 5.68. The Morgan fingerprint density at radius 2 is 1.84 bits per heavy atom. The van der Waals surface area contributed by atoms with Crippen LogP contribution in [0.2, 0.25) is 0 Å². The Bertz CT molecular complexity index is 537. The van der Waals surface area contributed by atoms with Crippen molar-refractivity contribution in [2.75, 3.05) is 6.54 Å². The monoisotopic (exact) mass is 367 g/mol. The zero-order chi connectivity index (χ0) is 13.7.